The first-order chi connectivity index (χ1) is 9.38. The first kappa shape index (κ1) is 12.1. The number of rotatable bonds is 4. The number of para-hydroxylation sites is 1. The van der Waals surface area contributed by atoms with Gasteiger partial charge in [-0.05, 0) is 12.5 Å². The highest BCUT2D eigenvalue weighted by molar-refractivity contribution is 5.47. The van der Waals surface area contributed by atoms with Crippen molar-refractivity contribution in [2.75, 3.05) is 13.2 Å². The molecule has 0 saturated carbocycles. The van der Waals surface area contributed by atoms with Gasteiger partial charge in [-0.15, -0.1) is 0 Å². The van der Waals surface area contributed by atoms with Crippen molar-refractivity contribution in [2.24, 2.45) is 0 Å². The van der Waals surface area contributed by atoms with Crippen molar-refractivity contribution >= 4 is 0 Å². The van der Waals surface area contributed by atoms with Gasteiger partial charge in [0.25, 0.3) is 0 Å². The number of hydrogen-bond acceptors (Lipinski definition) is 3. The van der Waals surface area contributed by atoms with Gasteiger partial charge in [-0.1, -0.05) is 19.1 Å². The Balaban J connectivity index is 1.88. The fraction of sp³-hybridized carbons (Fsp3) is 0.400. The van der Waals surface area contributed by atoms with Crippen molar-refractivity contribution < 1.29 is 9.47 Å². The van der Waals surface area contributed by atoms with Crippen LogP contribution in [0.4, 0.5) is 0 Å². The molecule has 0 fully saturated rings. The zero-order valence-corrected chi connectivity index (χ0v) is 11.1. The van der Waals surface area contributed by atoms with Crippen LogP contribution in [0, 0.1) is 0 Å². The van der Waals surface area contributed by atoms with Crippen LogP contribution < -0.4 is 9.47 Å². The maximum atomic E-state index is 5.74. The SMILES string of the molecule is CCCc1nccn1Cc1cccc2c1OCCO2. The van der Waals surface area contributed by atoms with Crippen LogP contribution >= 0.6 is 0 Å². The molecule has 100 valence electrons. The third-order valence-corrected chi connectivity index (χ3v) is 3.26. The quantitative estimate of drug-likeness (QED) is 0.846. The Bertz CT molecular complexity index is 563. The summed E-state index contributed by atoms with van der Waals surface area (Å²) in [6.07, 6.45) is 5.98. The Labute approximate surface area is 113 Å². The van der Waals surface area contributed by atoms with E-state index >= 15 is 0 Å². The van der Waals surface area contributed by atoms with Crippen LogP contribution in [0.3, 0.4) is 0 Å². The monoisotopic (exact) mass is 258 g/mol. The van der Waals surface area contributed by atoms with Crippen LogP contribution in [0.25, 0.3) is 0 Å². The summed E-state index contributed by atoms with van der Waals surface area (Å²) in [6, 6.07) is 6.06. The molecule has 3 rings (SSSR count). The summed E-state index contributed by atoms with van der Waals surface area (Å²) in [6.45, 7) is 4.20. The minimum absolute atomic E-state index is 0.621. The summed E-state index contributed by atoms with van der Waals surface area (Å²) in [7, 11) is 0. The van der Waals surface area contributed by atoms with Gasteiger partial charge >= 0.3 is 0 Å². The first-order valence-corrected chi connectivity index (χ1v) is 6.76. The van der Waals surface area contributed by atoms with Crippen LogP contribution in [0.5, 0.6) is 11.5 Å². The number of benzene rings is 1. The van der Waals surface area contributed by atoms with Crippen molar-refractivity contribution in [1.82, 2.24) is 9.55 Å². The van der Waals surface area contributed by atoms with Crippen LogP contribution in [-0.2, 0) is 13.0 Å². The van der Waals surface area contributed by atoms with Crippen LogP contribution in [0.2, 0.25) is 0 Å². The zero-order valence-electron chi connectivity index (χ0n) is 11.1. The van der Waals surface area contributed by atoms with Gasteiger partial charge in [0, 0.05) is 24.4 Å². The Morgan fingerprint density at radius 3 is 3.05 bits per heavy atom. The molecule has 0 saturated heterocycles. The standard InChI is InChI=1S/C15H18N2O2/c1-2-4-14-16-7-8-17(14)11-12-5-3-6-13-15(12)19-10-9-18-13/h3,5-8H,2,4,9-11H2,1H3. The van der Waals surface area contributed by atoms with Crippen molar-refractivity contribution in [2.45, 2.75) is 26.3 Å². The number of fused-ring (bicyclic) bond motifs is 1. The molecule has 0 unspecified atom stereocenters. The van der Waals surface area contributed by atoms with Crippen molar-refractivity contribution in [1.29, 1.82) is 0 Å². The topological polar surface area (TPSA) is 36.3 Å². The minimum Gasteiger partial charge on any atom is -0.486 e. The average Bonchev–Trinajstić information content (AvgIpc) is 2.87. The van der Waals surface area contributed by atoms with Gasteiger partial charge in [0.2, 0.25) is 0 Å². The minimum atomic E-state index is 0.621. The van der Waals surface area contributed by atoms with Gasteiger partial charge in [-0.25, -0.2) is 4.98 Å². The van der Waals surface area contributed by atoms with Crippen molar-refractivity contribution in [3.05, 3.63) is 42.0 Å². The Hall–Kier alpha value is -1.97. The lowest BCUT2D eigenvalue weighted by Crippen LogP contribution is -2.17. The number of imidazole rings is 1. The fourth-order valence-corrected chi connectivity index (χ4v) is 2.38. The van der Waals surface area contributed by atoms with Crippen LogP contribution in [-0.4, -0.2) is 22.8 Å². The van der Waals surface area contributed by atoms with Gasteiger partial charge in [-0.2, -0.15) is 0 Å². The molecule has 1 aromatic heterocycles. The summed E-state index contributed by atoms with van der Waals surface area (Å²) in [5, 5.41) is 0. The zero-order chi connectivity index (χ0) is 13.1. The molecule has 0 radical (unpaired) electrons. The van der Waals surface area contributed by atoms with Gasteiger partial charge in [0.15, 0.2) is 11.5 Å². The lowest BCUT2D eigenvalue weighted by Gasteiger charge is -2.21. The molecule has 0 atom stereocenters. The summed E-state index contributed by atoms with van der Waals surface area (Å²) < 4.78 is 13.5. The molecule has 4 heteroatoms. The molecule has 19 heavy (non-hydrogen) atoms. The third kappa shape index (κ3) is 2.43. The van der Waals surface area contributed by atoms with E-state index in [4.69, 9.17) is 9.47 Å². The number of nitrogens with zero attached hydrogens (tertiary/aromatic N) is 2. The predicted molar refractivity (Wildman–Crippen MR) is 72.8 cm³/mol. The maximum Gasteiger partial charge on any atom is 0.166 e. The molecule has 1 aliphatic rings. The molecular weight excluding hydrogens is 240 g/mol. The maximum absolute atomic E-state index is 5.74. The summed E-state index contributed by atoms with van der Waals surface area (Å²) in [5.74, 6) is 2.85. The Kier molecular flexibility index (Phi) is 3.40. The number of ether oxygens (including phenoxy) is 2. The van der Waals surface area contributed by atoms with Gasteiger partial charge in [0.05, 0.1) is 6.54 Å². The van der Waals surface area contributed by atoms with Crippen LogP contribution in [0.15, 0.2) is 30.6 Å². The van der Waals surface area contributed by atoms with E-state index in [2.05, 4.69) is 22.5 Å². The van der Waals surface area contributed by atoms with Crippen molar-refractivity contribution in [3.8, 4) is 11.5 Å². The lowest BCUT2D eigenvalue weighted by molar-refractivity contribution is 0.169. The molecular formula is C15H18N2O2. The molecule has 0 N–H and O–H groups in total. The fourth-order valence-electron chi connectivity index (χ4n) is 2.38. The second kappa shape index (κ2) is 5.34. The molecule has 0 aliphatic carbocycles. The second-order valence-electron chi connectivity index (χ2n) is 4.66. The van der Waals surface area contributed by atoms with E-state index in [1.165, 1.54) is 0 Å². The molecule has 0 bridgehead atoms. The van der Waals surface area contributed by atoms with Crippen LogP contribution in [0.1, 0.15) is 24.7 Å². The number of aromatic nitrogens is 2. The molecule has 0 amide bonds. The molecule has 2 heterocycles. The Morgan fingerprint density at radius 2 is 2.16 bits per heavy atom. The van der Waals surface area contributed by atoms with Gasteiger partial charge in [-0.3, -0.25) is 0 Å². The molecule has 2 aromatic rings. The van der Waals surface area contributed by atoms with E-state index in [9.17, 15) is 0 Å². The number of hydrogen-bond donors (Lipinski definition) is 0. The first-order valence-electron chi connectivity index (χ1n) is 6.76. The largest absolute Gasteiger partial charge is 0.486 e. The highest BCUT2D eigenvalue weighted by atomic mass is 16.6. The predicted octanol–water partition coefficient (Wildman–Crippen LogP) is 2.66. The third-order valence-electron chi connectivity index (χ3n) is 3.26. The van der Waals surface area contributed by atoms with E-state index < -0.39 is 0 Å². The number of aryl methyl sites for hydroxylation is 1. The van der Waals surface area contributed by atoms with E-state index in [0.717, 1.165) is 42.3 Å². The molecule has 1 aromatic carbocycles. The average molecular weight is 258 g/mol. The molecule has 4 nitrogen and oxygen atoms in total. The van der Waals surface area contributed by atoms with Gasteiger partial charge < -0.3 is 14.0 Å². The van der Waals surface area contributed by atoms with Gasteiger partial charge in [0.1, 0.15) is 19.0 Å². The van der Waals surface area contributed by atoms with E-state index in [0.29, 0.717) is 13.2 Å². The van der Waals surface area contributed by atoms with E-state index in [-0.39, 0.29) is 0 Å². The smallest absolute Gasteiger partial charge is 0.166 e. The lowest BCUT2D eigenvalue weighted by atomic mass is 10.1. The molecule has 0 spiro atoms. The second-order valence-corrected chi connectivity index (χ2v) is 4.66. The normalized spacial score (nSPS) is 13.5. The summed E-state index contributed by atoms with van der Waals surface area (Å²) in [5.41, 5.74) is 1.15. The molecule has 1 aliphatic heterocycles. The van der Waals surface area contributed by atoms with E-state index in [1.807, 2.05) is 24.5 Å². The summed E-state index contributed by atoms with van der Waals surface area (Å²) >= 11 is 0. The highest BCUT2D eigenvalue weighted by Crippen LogP contribution is 2.34. The Morgan fingerprint density at radius 1 is 1.26 bits per heavy atom. The summed E-state index contributed by atoms with van der Waals surface area (Å²) in [4.78, 5) is 4.41. The van der Waals surface area contributed by atoms with Crippen molar-refractivity contribution in [3.63, 3.8) is 0 Å². The van der Waals surface area contributed by atoms with E-state index in [1.54, 1.807) is 0 Å². The highest BCUT2D eigenvalue weighted by Gasteiger charge is 2.16.